The predicted molar refractivity (Wildman–Crippen MR) is 66.8 cm³/mol. The van der Waals surface area contributed by atoms with Crippen molar-refractivity contribution < 1.29 is 38.9 Å². The topological polar surface area (TPSA) is 127 Å². The summed E-state index contributed by atoms with van der Waals surface area (Å²) in [5, 5.41) is 15.8. The van der Waals surface area contributed by atoms with Gasteiger partial charge in [0.15, 0.2) is 0 Å². The van der Waals surface area contributed by atoms with Crippen LogP contribution in [0.4, 0.5) is 0 Å². The minimum Gasteiger partial charge on any atom is -0.481 e. The van der Waals surface area contributed by atoms with Crippen LogP contribution in [-0.4, -0.2) is 47.3 Å². The molecule has 0 fully saturated rings. The molecule has 0 rings (SSSR count). The monoisotopic (exact) mass is 288 g/mol. The Hall–Kier alpha value is -2.64. The molecule has 0 aromatic heterocycles. The molecule has 0 aliphatic rings. The quantitative estimate of drug-likeness (QED) is 0.373. The van der Waals surface area contributed by atoms with E-state index in [4.69, 9.17) is 10.2 Å². The summed E-state index contributed by atoms with van der Waals surface area (Å²) in [5.41, 5.74) is 0. The highest BCUT2D eigenvalue weighted by atomic mass is 16.6. The zero-order valence-corrected chi connectivity index (χ0v) is 10.7. The first-order valence-corrected chi connectivity index (χ1v) is 5.35. The van der Waals surface area contributed by atoms with E-state index in [0.717, 1.165) is 12.2 Å². The fraction of sp³-hybridized carbons (Fsp3) is 0.333. The summed E-state index contributed by atoms with van der Waals surface area (Å²) in [4.78, 5) is 40.1. The first-order chi connectivity index (χ1) is 9.33. The van der Waals surface area contributed by atoms with E-state index in [0.29, 0.717) is 0 Å². The Morgan fingerprint density at radius 2 is 1.10 bits per heavy atom. The fourth-order valence-corrected chi connectivity index (χ4v) is 0.616. The average molecular weight is 288 g/mol. The molecular weight excluding hydrogens is 272 g/mol. The van der Waals surface area contributed by atoms with E-state index in [9.17, 15) is 19.2 Å². The Kier molecular flexibility index (Phi) is 12.6. The number of rotatable bonds is 8. The number of carbonyl (C=O) groups is 4. The van der Waals surface area contributed by atoms with E-state index in [2.05, 4.69) is 22.6 Å². The van der Waals surface area contributed by atoms with Gasteiger partial charge in [-0.1, -0.05) is 13.2 Å². The van der Waals surface area contributed by atoms with Crippen LogP contribution in [0, 0.1) is 0 Å². The largest absolute Gasteiger partial charge is 0.481 e. The first-order valence-electron chi connectivity index (χ1n) is 5.35. The maximum Gasteiger partial charge on any atom is 0.330 e. The highest BCUT2D eigenvalue weighted by molar-refractivity contribution is 5.81. The molecule has 8 nitrogen and oxygen atoms in total. The molecule has 0 heterocycles. The Labute approximate surface area is 115 Å². The molecular formula is C12H16O8. The summed E-state index contributed by atoms with van der Waals surface area (Å²) in [7, 11) is 0. The number of hydrogen-bond donors (Lipinski definition) is 2. The van der Waals surface area contributed by atoms with Crippen molar-refractivity contribution in [1.29, 1.82) is 0 Å². The maximum atomic E-state index is 10.4. The van der Waals surface area contributed by atoms with Crippen molar-refractivity contribution in [3.05, 3.63) is 25.3 Å². The molecule has 0 aromatic rings. The Morgan fingerprint density at radius 3 is 1.30 bits per heavy atom. The second-order valence-corrected chi connectivity index (χ2v) is 3.03. The number of carboxylic acids is 2. The lowest BCUT2D eigenvalue weighted by molar-refractivity contribution is -0.146. The van der Waals surface area contributed by atoms with Crippen molar-refractivity contribution >= 4 is 23.9 Å². The van der Waals surface area contributed by atoms with E-state index in [1.807, 2.05) is 0 Å². The van der Waals surface area contributed by atoms with Crippen LogP contribution < -0.4 is 0 Å². The predicted octanol–water partition coefficient (Wildman–Crippen LogP) is 0.381. The minimum absolute atomic E-state index is 0.0322. The SMILES string of the molecule is C=CC(=O)OCCOC(=O)C=C.O=C(O)CCC(=O)O. The standard InChI is InChI=1S/C8H10O4.C4H6O4/c1-3-7(9)11-5-6-12-8(10)4-2;5-3(6)1-2-4(7)8/h3-4H,1-2,5-6H2;1-2H2,(H,5,6)(H,7,8). The van der Waals surface area contributed by atoms with Crippen molar-refractivity contribution in [3.63, 3.8) is 0 Å². The molecule has 112 valence electrons. The third kappa shape index (κ3) is 17.7. The van der Waals surface area contributed by atoms with Gasteiger partial charge < -0.3 is 19.7 Å². The van der Waals surface area contributed by atoms with Gasteiger partial charge in [-0.3, -0.25) is 9.59 Å². The van der Waals surface area contributed by atoms with Crippen LogP contribution in [-0.2, 0) is 28.7 Å². The van der Waals surface area contributed by atoms with Gasteiger partial charge in [0.05, 0.1) is 12.8 Å². The molecule has 0 unspecified atom stereocenters. The number of carbonyl (C=O) groups excluding carboxylic acids is 2. The highest BCUT2D eigenvalue weighted by Gasteiger charge is 2.00. The number of esters is 2. The molecule has 2 N–H and O–H groups in total. The Balaban J connectivity index is 0. The van der Waals surface area contributed by atoms with Crippen molar-refractivity contribution in [1.82, 2.24) is 0 Å². The third-order valence-corrected chi connectivity index (χ3v) is 1.46. The molecule has 0 aliphatic heterocycles. The zero-order chi connectivity index (χ0) is 16.0. The van der Waals surface area contributed by atoms with Gasteiger partial charge in [-0.2, -0.15) is 0 Å². The first kappa shape index (κ1) is 19.7. The lowest BCUT2D eigenvalue weighted by Gasteiger charge is -2.01. The smallest absolute Gasteiger partial charge is 0.330 e. The van der Waals surface area contributed by atoms with Crippen molar-refractivity contribution in [2.24, 2.45) is 0 Å². The second kappa shape index (κ2) is 12.8. The van der Waals surface area contributed by atoms with Gasteiger partial charge in [0, 0.05) is 12.2 Å². The molecule has 0 aromatic carbocycles. The van der Waals surface area contributed by atoms with Crippen LogP contribution in [0.25, 0.3) is 0 Å². The van der Waals surface area contributed by atoms with E-state index in [1.165, 1.54) is 0 Å². The molecule has 0 saturated heterocycles. The van der Waals surface area contributed by atoms with E-state index in [1.54, 1.807) is 0 Å². The van der Waals surface area contributed by atoms with Gasteiger partial charge in [0.2, 0.25) is 0 Å². The van der Waals surface area contributed by atoms with E-state index >= 15 is 0 Å². The summed E-state index contributed by atoms with van der Waals surface area (Å²) in [6, 6.07) is 0. The highest BCUT2D eigenvalue weighted by Crippen LogP contribution is 1.86. The van der Waals surface area contributed by atoms with Crippen LogP contribution in [0.1, 0.15) is 12.8 Å². The summed E-state index contributed by atoms with van der Waals surface area (Å²) in [6.45, 7) is 6.45. The van der Waals surface area contributed by atoms with Crippen LogP contribution >= 0.6 is 0 Å². The molecule has 0 radical (unpaired) electrons. The molecule has 0 bridgehead atoms. The average Bonchev–Trinajstić information content (AvgIpc) is 2.41. The summed E-state index contributed by atoms with van der Waals surface area (Å²) >= 11 is 0. The number of aliphatic carboxylic acids is 2. The van der Waals surface area contributed by atoms with Crippen molar-refractivity contribution in [3.8, 4) is 0 Å². The van der Waals surface area contributed by atoms with Crippen LogP contribution in [0.2, 0.25) is 0 Å². The second-order valence-electron chi connectivity index (χ2n) is 3.03. The van der Waals surface area contributed by atoms with Gasteiger partial charge in [0.1, 0.15) is 13.2 Å². The fourth-order valence-electron chi connectivity index (χ4n) is 0.616. The van der Waals surface area contributed by atoms with Crippen molar-refractivity contribution in [2.45, 2.75) is 12.8 Å². The van der Waals surface area contributed by atoms with Gasteiger partial charge in [-0.25, -0.2) is 9.59 Å². The lowest BCUT2D eigenvalue weighted by atomic mass is 10.3. The van der Waals surface area contributed by atoms with E-state index in [-0.39, 0.29) is 26.1 Å². The van der Waals surface area contributed by atoms with Crippen LogP contribution in [0.3, 0.4) is 0 Å². The molecule has 0 spiro atoms. The summed E-state index contributed by atoms with van der Waals surface area (Å²) in [5.74, 6) is -3.23. The Morgan fingerprint density at radius 1 is 0.800 bits per heavy atom. The van der Waals surface area contributed by atoms with E-state index < -0.39 is 23.9 Å². The lowest BCUT2D eigenvalue weighted by Crippen LogP contribution is -2.10. The number of hydrogen-bond acceptors (Lipinski definition) is 6. The summed E-state index contributed by atoms with van der Waals surface area (Å²) in [6.07, 6.45) is 1.48. The zero-order valence-electron chi connectivity index (χ0n) is 10.7. The van der Waals surface area contributed by atoms with Gasteiger partial charge >= 0.3 is 23.9 Å². The summed E-state index contributed by atoms with van der Waals surface area (Å²) < 4.78 is 9.04. The van der Waals surface area contributed by atoms with Crippen LogP contribution in [0.15, 0.2) is 25.3 Å². The normalized spacial score (nSPS) is 8.40. The maximum absolute atomic E-state index is 10.4. The molecule has 0 saturated carbocycles. The number of ether oxygens (including phenoxy) is 2. The molecule has 0 amide bonds. The minimum atomic E-state index is -1.08. The molecule has 0 aliphatic carbocycles. The third-order valence-electron chi connectivity index (χ3n) is 1.46. The van der Waals surface area contributed by atoms with Crippen LogP contribution in [0.5, 0.6) is 0 Å². The number of carboxylic acid groups (broad SMARTS) is 2. The molecule has 20 heavy (non-hydrogen) atoms. The van der Waals surface area contributed by atoms with Gasteiger partial charge in [-0.05, 0) is 0 Å². The molecule has 8 heteroatoms. The molecule has 0 atom stereocenters. The van der Waals surface area contributed by atoms with Gasteiger partial charge in [0.25, 0.3) is 0 Å². The Bertz CT molecular complexity index is 336. The van der Waals surface area contributed by atoms with Crippen molar-refractivity contribution in [2.75, 3.05) is 13.2 Å². The van der Waals surface area contributed by atoms with Gasteiger partial charge in [-0.15, -0.1) is 0 Å².